The van der Waals surface area contributed by atoms with Gasteiger partial charge in [-0.1, -0.05) is 6.42 Å². The topological polar surface area (TPSA) is 37.3 Å². The third-order valence-corrected chi connectivity index (χ3v) is 3.61. The quantitative estimate of drug-likeness (QED) is 0.702. The van der Waals surface area contributed by atoms with Gasteiger partial charge in [-0.2, -0.15) is 0 Å². The van der Waals surface area contributed by atoms with Crippen molar-refractivity contribution in [3.63, 3.8) is 0 Å². The first-order valence-electron chi connectivity index (χ1n) is 4.97. The van der Waals surface area contributed by atoms with Crippen molar-refractivity contribution in [1.29, 1.82) is 0 Å². The van der Waals surface area contributed by atoms with E-state index in [1.165, 1.54) is 25.7 Å². The van der Waals surface area contributed by atoms with Crippen LogP contribution in [0.15, 0.2) is 0 Å². The van der Waals surface area contributed by atoms with Gasteiger partial charge in [0.25, 0.3) is 0 Å². The van der Waals surface area contributed by atoms with Crippen molar-refractivity contribution in [3.05, 3.63) is 0 Å². The van der Waals surface area contributed by atoms with E-state index in [4.69, 9.17) is 5.11 Å². The lowest BCUT2D eigenvalue weighted by molar-refractivity contribution is -0.137. The number of aliphatic carboxylic acids is 1. The van der Waals surface area contributed by atoms with Crippen molar-refractivity contribution < 1.29 is 9.90 Å². The summed E-state index contributed by atoms with van der Waals surface area (Å²) in [6.45, 7) is 0. The van der Waals surface area contributed by atoms with Crippen LogP contribution < -0.4 is 0 Å². The molecular formula is C10H16O2. The summed E-state index contributed by atoms with van der Waals surface area (Å²) in [4.78, 5) is 10.4. The Hall–Kier alpha value is -0.530. The van der Waals surface area contributed by atoms with E-state index in [0.717, 1.165) is 24.2 Å². The van der Waals surface area contributed by atoms with Gasteiger partial charge in [0.1, 0.15) is 0 Å². The van der Waals surface area contributed by atoms with Crippen LogP contribution in [0, 0.1) is 17.8 Å². The zero-order valence-electron chi connectivity index (χ0n) is 7.33. The second-order valence-electron chi connectivity index (χ2n) is 4.37. The molecule has 0 heterocycles. The maximum absolute atomic E-state index is 10.4. The minimum absolute atomic E-state index is 0.383. The molecule has 0 unspecified atom stereocenters. The molecule has 2 fully saturated rings. The fourth-order valence-corrected chi connectivity index (χ4v) is 3.04. The largest absolute Gasteiger partial charge is 0.481 e. The first-order chi connectivity index (χ1) is 5.75. The number of carboxylic acids is 1. The molecule has 0 saturated heterocycles. The molecule has 2 rings (SSSR count). The summed E-state index contributed by atoms with van der Waals surface area (Å²) in [6, 6.07) is 0. The number of hydrogen-bond acceptors (Lipinski definition) is 1. The first-order valence-corrected chi connectivity index (χ1v) is 4.97. The Morgan fingerprint density at radius 2 is 2.17 bits per heavy atom. The highest BCUT2D eigenvalue weighted by Crippen LogP contribution is 2.49. The van der Waals surface area contributed by atoms with Gasteiger partial charge in [-0.05, 0) is 43.4 Å². The van der Waals surface area contributed by atoms with Gasteiger partial charge in [0, 0.05) is 6.42 Å². The van der Waals surface area contributed by atoms with Crippen molar-refractivity contribution in [2.75, 3.05) is 0 Å². The number of carboxylic acid groups (broad SMARTS) is 1. The molecule has 0 aromatic carbocycles. The predicted molar refractivity (Wildman–Crippen MR) is 45.8 cm³/mol. The zero-order chi connectivity index (χ0) is 8.55. The van der Waals surface area contributed by atoms with Gasteiger partial charge in [-0.3, -0.25) is 4.79 Å². The van der Waals surface area contributed by atoms with E-state index in [1.807, 2.05) is 0 Å². The van der Waals surface area contributed by atoms with Crippen LogP contribution in [-0.4, -0.2) is 11.1 Å². The fourth-order valence-electron chi connectivity index (χ4n) is 3.04. The Bertz CT molecular complexity index is 188. The number of carbonyl (C=O) groups is 1. The summed E-state index contributed by atoms with van der Waals surface area (Å²) in [5.41, 5.74) is 0. The fraction of sp³-hybridized carbons (Fsp3) is 0.900. The Morgan fingerprint density at radius 1 is 1.33 bits per heavy atom. The molecule has 0 radical (unpaired) electrons. The molecule has 2 saturated carbocycles. The summed E-state index contributed by atoms with van der Waals surface area (Å²) in [6.07, 6.45) is 6.80. The molecule has 2 aliphatic carbocycles. The van der Waals surface area contributed by atoms with E-state index < -0.39 is 5.97 Å². The molecule has 2 nitrogen and oxygen atoms in total. The van der Waals surface area contributed by atoms with Crippen LogP contribution in [0.1, 0.15) is 38.5 Å². The lowest BCUT2D eigenvalue weighted by atomic mass is 9.85. The lowest BCUT2D eigenvalue weighted by Crippen LogP contribution is -2.11. The van der Waals surface area contributed by atoms with Gasteiger partial charge in [-0.25, -0.2) is 0 Å². The van der Waals surface area contributed by atoms with Gasteiger partial charge >= 0.3 is 5.97 Å². The molecular weight excluding hydrogens is 152 g/mol. The smallest absolute Gasteiger partial charge is 0.303 e. The Kier molecular flexibility index (Phi) is 2.07. The van der Waals surface area contributed by atoms with Crippen LogP contribution in [0.5, 0.6) is 0 Å². The SMILES string of the molecule is O=C(O)CC[C@H]1C[C@H]2CC[C@H]1C2. The lowest BCUT2D eigenvalue weighted by Gasteiger charge is -2.20. The van der Waals surface area contributed by atoms with Gasteiger partial charge in [0.15, 0.2) is 0 Å². The minimum Gasteiger partial charge on any atom is -0.481 e. The van der Waals surface area contributed by atoms with Crippen molar-refractivity contribution in [1.82, 2.24) is 0 Å². The van der Waals surface area contributed by atoms with Crippen molar-refractivity contribution in [2.45, 2.75) is 38.5 Å². The monoisotopic (exact) mass is 168 g/mol. The Balaban J connectivity index is 1.79. The first kappa shape index (κ1) is 8.09. The van der Waals surface area contributed by atoms with E-state index in [1.54, 1.807) is 0 Å². The summed E-state index contributed by atoms with van der Waals surface area (Å²) < 4.78 is 0. The van der Waals surface area contributed by atoms with Crippen LogP contribution in [0.3, 0.4) is 0 Å². The molecule has 2 bridgehead atoms. The summed E-state index contributed by atoms with van der Waals surface area (Å²) in [5, 5.41) is 8.54. The van der Waals surface area contributed by atoms with Crippen LogP contribution >= 0.6 is 0 Å². The summed E-state index contributed by atoms with van der Waals surface area (Å²) in [5.74, 6) is 1.96. The van der Waals surface area contributed by atoms with Crippen LogP contribution in [-0.2, 0) is 4.79 Å². The second kappa shape index (κ2) is 3.08. The van der Waals surface area contributed by atoms with Crippen molar-refractivity contribution in [2.24, 2.45) is 17.8 Å². The highest BCUT2D eigenvalue weighted by atomic mass is 16.4. The van der Waals surface area contributed by atoms with Crippen LogP contribution in [0.25, 0.3) is 0 Å². The van der Waals surface area contributed by atoms with Crippen molar-refractivity contribution >= 4 is 5.97 Å². The van der Waals surface area contributed by atoms with E-state index >= 15 is 0 Å². The molecule has 1 N–H and O–H groups in total. The summed E-state index contributed by atoms with van der Waals surface area (Å²) >= 11 is 0. The maximum atomic E-state index is 10.4. The number of hydrogen-bond donors (Lipinski definition) is 1. The maximum Gasteiger partial charge on any atom is 0.303 e. The molecule has 0 aromatic heterocycles. The van der Waals surface area contributed by atoms with Crippen LogP contribution in [0.2, 0.25) is 0 Å². The Labute approximate surface area is 73.0 Å². The molecule has 3 atom stereocenters. The standard InChI is InChI=1S/C10H16O2/c11-10(12)4-3-9-6-7-1-2-8(9)5-7/h7-9H,1-6H2,(H,11,12)/t7-,8-,9-/m0/s1. The van der Waals surface area contributed by atoms with E-state index in [9.17, 15) is 4.79 Å². The Morgan fingerprint density at radius 3 is 2.67 bits per heavy atom. The zero-order valence-corrected chi connectivity index (χ0v) is 7.33. The minimum atomic E-state index is -0.627. The van der Waals surface area contributed by atoms with E-state index in [2.05, 4.69) is 0 Å². The molecule has 0 aromatic rings. The number of rotatable bonds is 3. The highest BCUT2D eigenvalue weighted by molar-refractivity contribution is 5.66. The molecule has 0 amide bonds. The van der Waals surface area contributed by atoms with Crippen molar-refractivity contribution in [3.8, 4) is 0 Å². The van der Waals surface area contributed by atoms with Gasteiger partial charge in [-0.15, -0.1) is 0 Å². The highest BCUT2D eigenvalue weighted by Gasteiger charge is 2.38. The van der Waals surface area contributed by atoms with Gasteiger partial charge in [0.05, 0.1) is 0 Å². The average molecular weight is 168 g/mol. The second-order valence-corrected chi connectivity index (χ2v) is 4.37. The van der Waals surface area contributed by atoms with Gasteiger partial charge < -0.3 is 5.11 Å². The molecule has 2 heteroatoms. The molecule has 0 aliphatic heterocycles. The van der Waals surface area contributed by atoms with Gasteiger partial charge in [0.2, 0.25) is 0 Å². The molecule has 68 valence electrons. The average Bonchev–Trinajstić information content (AvgIpc) is 2.60. The predicted octanol–water partition coefficient (Wildman–Crippen LogP) is 2.29. The number of fused-ring (bicyclic) bond motifs is 2. The van der Waals surface area contributed by atoms with E-state index in [0.29, 0.717) is 6.42 Å². The van der Waals surface area contributed by atoms with Crippen LogP contribution in [0.4, 0.5) is 0 Å². The third kappa shape index (κ3) is 1.47. The van der Waals surface area contributed by atoms with E-state index in [-0.39, 0.29) is 0 Å². The molecule has 2 aliphatic rings. The summed E-state index contributed by atoms with van der Waals surface area (Å²) in [7, 11) is 0. The third-order valence-electron chi connectivity index (χ3n) is 3.61. The molecule has 0 spiro atoms. The molecule has 12 heavy (non-hydrogen) atoms. The normalized spacial score (nSPS) is 38.8.